The monoisotopic (exact) mass is 962 g/mol. The van der Waals surface area contributed by atoms with Crippen LogP contribution in [0.2, 0.25) is 0 Å². The van der Waals surface area contributed by atoms with E-state index in [9.17, 15) is 45.6 Å². The number of aliphatic hydroxyl groups is 8. The number of carbonyl (C=O) groups is 1. The van der Waals surface area contributed by atoms with Crippen LogP contribution in [0.5, 0.6) is 0 Å². The first-order valence-corrected chi connectivity index (χ1v) is 27.8. The molecular weight excluding hydrogens is 859 g/mol. The zero-order chi connectivity index (χ0) is 48.9. The van der Waals surface area contributed by atoms with Crippen molar-refractivity contribution in [3.8, 4) is 0 Å². The predicted octanol–water partition coefficient (Wildman–Crippen LogP) is 8.17. The summed E-state index contributed by atoms with van der Waals surface area (Å²) in [4.78, 5) is 13.2. The van der Waals surface area contributed by atoms with Crippen LogP contribution in [0.1, 0.15) is 239 Å². The van der Waals surface area contributed by atoms with Crippen molar-refractivity contribution >= 4 is 5.91 Å². The lowest BCUT2D eigenvalue weighted by atomic mass is 9.97. The molecule has 9 N–H and O–H groups in total. The fraction of sp³-hybridized carbons (Fsp3) is 0.981. The zero-order valence-electron chi connectivity index (χ0n) is 42.4. The van der Waals surface area contributed by atoms with Crippen LogP contribution in [-0.2, 0) is 23.7 Å². The van der Waals surface area contributed by atoms with E-state index in [1.54, 1.807) is 0 Å². The molecule has 0 spiro atoms. The third kappa shape index (κ3) is 27.4. The standard InChI is InChI=1S/C53H103NO13/c1-3-5-7-9-11-13-15-17-18-19-20-21-22-23-25-27-29-31-33-35-37-45(58)54-41(42(57)36-34-32-30-28-26-24-16-14-12-10-8-6-4-2)40-64-52-50(63)48(61)51(44(39-56)66-52)67-53-49(62)47(60)46(59)43(38-55)65-53/h41-44,46-53,55-57,59-63H,3-40H2,1-2H3,(H,54,58). The van der Waals surface area contributed by atoms with Gasteiger partial charge in [-0.2, -0.15) is 0 Å². The van der Waals surface area contributed by atoms with Gasteiger partial charge in [0, 0.05) is 6.42 Å². The minimum atomic E-state index is -1.78. The van der Waals surface area contributed by atoms with Gasteiger partial charge in [-0.05, 0) is 12.8 Å². The Bertz CT molecular complexity index is 1140. The summed E-state index contributed by atoms with van der Waals surface area (Å²) in [5.41, 5.74) is 0. The van der Waals surface area contributed by atoms with Gasteiger partial charge in [0.1, 0.15) is 48.8 Å². The number of nitrogens with one attached hydrogen (secondary N) is 1. The Morgan fingerprint density at radius 1 is 0.478 bits per heavy atom. The summed E-state index contributed by atoms with van der Waals surface area (Å²) in [5.74, 6) is -0.202. The van der Waals surface area contributed by atoms with Crippen LogP contribution < -0.4 is 5.32 Å². The molecule has 2 fully saturated rings. The van der Waals surface area contributed by atoms with Crippen LogP contribution in [0.4, 0.5) is 0 Å². The minimum absolute atomic E-state index is 0.202. The van der Waals surface area contributed by atoms with Gasteiger partial charge in [0.25, 0.3) is 0 Å². The topological polar surface area (TPSA) is 228 Å². The summed E-state index contributed by atoms with van der Waals surface area (Å²) < 4.78 is 22.8. The summed E-state index contributed by atoms with van der Waals surface area (Å²) in [5, 5.41) is 87.0. The molecule has 0 saturated carbocycles. The first kappa shape index (κ1) is 62.1. The third-order valence-corrected chi connectivity index (χ3v) is 14.1. The van der Waals surface area contributed by atoms with E-state index in [1.165, 1.54) is 161 Å². The quantitative estimate of drug-likeness (QED) is 0.0263. The Hall–Kier alpha value is -1.01. The van der Waals surface area contributed by atoms with Crippen molar-refractivity contribution < 1.29 is 64.6 Å². The second-order valence-corrected chi connectivity index (χ2v) is 20.1. The second kappa shape index (κ2) is 40.6. The molecule has 14 heteroatoms. The lowest BCUT2D eigenvalue weighted by Crippen LogP contribution is -2.65. The van der Waals surface area contributed by atoms with Crippen LogP contribution in [0.25, 0.3) is 0 Å². The molecule has 0 aromatic rings. The number of ether oxygens (including phenoxy) is 4. The highest BCUT2D eigenvalue weighted by Crippen LogP contribution is 2.30. The molecule has 398 valence electrons. The molecule has 2 aliphatic rings. The Morgan fingerprint density at radius 2 is 0.851 bits per heavy atom. The molecule has 2 heterocycles. The zero-order valence-corrected chi connectivity index (χ0v) is 42.4. The molecule has 0 radical (unpaired) electrons. The van der Waals surface area contributed by atoms with Crippen molar-refractivity contribution in [2.75, 3.05) is 19.8 Å². The second-order valence-electron chi connectivity index (χ2n) is 20.1. The molecule has 2 aliphatic heterocycles. The van der Waals surface area contributed by atoms with E-state index in [2.05, 4.69) is 19.2 Å². The van der Waals surface area contributed by atoms with Gasteiger partial charge in [-0.3, -0.25) is 4.79 Å². The molecule has 1 amide bonds. The van der Waals surface area contributed by atoms with Crippen LogP contribution in [-0.4, -0.2) is 140 Å². The Labute approximate surface area is 406 Å². The average molecular weight is 962 g/mol. The molecule has 0 aromatic carbocycles. The van der Waals surface area contributed by atoms with Crippen molar-refractivity contribution in [1.29, 1.82) is 0 Å². The predicted molar refractivity (Wildman–Crippen MR) is 263 cm³/mol. The van der Waals surface area contributed by atoms with Crippen molar-refractivity contribution in [1.82, 2.24) is 5.32 Å². The number of aliphatic hydroxyl groups excluding tert-OH is 8. The molecule has 0 aromatic heterocycles. The SMILES string of the molecule is CCCCCCCCCCCCCCCCCCCCCCC(=O)NC(COC1OC(CO)C(OC2OC(CO)C(O)C(O)C2O)C(O)C1O)C(O)CCCCCCCCCCCCCCC. The van der Waals surface area contributed by atoms with Crippen LogP contribution in [0, 0.1) is 0 Å². The van der Waals surface area contributed by atoms with E-state index >= 15 is 0 Å². The summed E-state index contributed by atoms with van der Waals surface area (Å²) in [6.07, 6.45) is 25.3. The summed E-state index contributed by atoms with van der Waals surface area (Å²) in [6.45, 7) is 2.88. The number of hydrogen-bond acceptors (Lipinski definition) is 13. The number of unbranched alkanes of at least 4 members (excludes halogenated alkanes) is 31. The molecule has 2 rings (SSSR count). The number of amides is 1. The van der Waals surface area contributed by atoms with Crippen LogP contribution >= 0.6 is 0 Å². The Balaban J connectivity index is 1.76. The van der Waals surface area contributed by atoms with Gasteiger partial charge in [-0.25, -0.2) is 0 Å². The fourth-order valence-corrected chi connectivity index (χ4v) is 9.53. The van der Waals surface area contributed by atoms with E-state index in [4.69, 9.17) is 18.9 Å². The van der Waals surface area contributed by atoms with Crippen molar-refractivity contribution in [2.24, 2.45) is 0 Å². The number of hydrogen-bond donors (Lipinski definition) is 9. The minimum Gasteiger partial charge on any atom is -0.394 e. The fourth-order valence-electron chi connectivity index (χ4n) is 9.53. The Morgan fingerprint density at radius 3 is 1.27 bits per heavy atom. The maximum atomic E-state index is 13.2. The molecule has 67 heavy (non-hydrogen) atoms. The van der Waals surface area contributed by atoms with E-state index in [1.807, 2.05) is 0 Å². The lowest BCUT2D eigenvalue weighted by molar-refractivity contribution is -0.359. The third-order valence-electron chi connectivity index (χ3n) is 14.1. The van der Waals surface area contributed by atoms with Gasteiger partial charge in [0.05, 0.1) is 32.0 Å². The summed E-state index contributed by atoms with van der Waals surface area (Å²) in [6, 6.07) is -0.821. The van der Waals surface area contributed by atoms with Crippen LogP contribution in [0.3, 0.4) is 0 Å². The van der Waals surface area contributed by atoms with E-state index < -0.39 is 86.8 Å². The summed E-state index contributed by atoms with van der Waals surface area (Å²) >= 11 is 0. The molecule has 2 saturated heterocycles. The lowest BCUT2D eigenvalue weighted by Gasteiger charge is -2.46. The molecule has 0 bridgehead atoms. The molecule has 12 atom stereocenters. The highest BCUT2D eigenvalue weighted by Gasteiger charge is 2.51. The first-order chi connectivity index (χ1) is 32.6. The maximum Gasteiger partial charge on any atom is 0.220 e. The van der Waals surface area contributed by atoms with Gasteiger partial charge in [0.15, 0.2) is 12.6 Å². The number of rotatable bonds is 44. The molecule has 0 aliphatic carbocycles. The van der Waals surface area contributed by atoms with Crippen molar-refractivity contribution in [2.45, 2.75) is 312 Å². The van der Waals surface area contributed by atoms with E-state index in [-0.39, 0.29) is 12.5 Å². The van der Waals surface area contributed by atoms with E-state index in [0.717, 1.165) is 51.4 Å². The smallest absolute Gasteiger partial charge is 0.220 e. The molecule has 12 unspecified atom stereocenters. The molecule has 14 nitrogen and oxygen atoms in total. The van der Waals surface area contributed by atoms with Gasteiger partial charge in [-0.15, -0.1) is 0 Å². The van der Waals surface area contributed by atoms with Gasteiger partial charge in [-0.1, -0.05) is 219 Å². The number of carbonyl (C=O) groups excluding carboxylic acids is 1. The van der Waals surface area contributed by atoms with Gasteiger partial charge in [0.2, 0.25) is 5.91 Å². The van der Waals surface area contributed by atoms with Gasteiger partial charge >= 0.3 is 0 Å². The normalized spacial score (nSPS) is 26.5. The molecular formula is C53H103NO13. The highest BCUT2D eigenvalue weighted by molar-refractivity contribution is 5.76. The summed E-state index contributed by atoms with van der Waals surface area (Å²) in [7, 11) is 0. The largest absolute Gasteiger partial charge is 0.394 e. The highest BCUT2D eigenvalue weighted by atomic mass is 16.7. The van der Waals surface area contributed by atoms with Crippen LogP contribution in [0.15, 0.2) is 0 Å². The maximum absolute atomic E-state index is 13.2. The van der Waals surface area contributed by atoms with Crippen molar-refractivity contribution in [3.05, 3.63) is 0 Å². The van der Waals surface area contributed by atoms with E-state index in [0.29, 0.717) is 12.8 Å². The van der Waals surface area contributed by atoms with Crippen molar-refractivity contribution in [3.63, 3.8) is 0 Å². The Kier molecular flexibility index (Phi) is 37.6. The first-order valence-electron chi connectivity index (χ1n) is 27.8. The average Bonchev–Trinajstić information content (AvgIpc) is 3.32. The van der Waals surface area contributed by atoms with Gasteiger partial charge < -0.3 is 65.1 Å².